The average molecular weight is 810 g/mol. The molecule has 314 valence electrons. The SMILES string of the molecule is CCCCCCCCCCCC(=O)c1ccc(C2=C(CCCCC)C(CCCCCC)=C(c3ccc(C(=O)CCCCCCCCCCC)cc3)[N+]2=[N-])cc1.[Ni]. The Morgan fingerprint density at radius 3 is 1.02 bits per heavy atom. The predicted octanol–water partition coefficient (Wildman–Crippen LogP) is 16.6. The summed E-state index contributed by atoms with van der Waals surface area (Å²) < 4.78 is 1.43. The van der Waals surface area contributed by atoms with Crippen LogP contribution in [0.1, 0.15) is 246 Å². The number of allylic oxidation sites excluding steroid dienone is 2. The van der Waals surface area contributed by atoms with Gasteiger partial charge in [-0.25, -0.2) is 4.70 Å². The zero-order valence-corrected chi connectivity index (χ0v) is 37.1. The van der Waals surface area contributed by atoms with E-state index in [2.05, 4.69) is 27.7 Å². The van der Waals surface area contributed by atoms with Crippen molar-refractivity contribution in [2.24, 2.45) is 0 Å². The topological polar surface area (TPSA) is 59.5 Å². The number of hydrogen-bond acceptors (Lipinski definition) is 2. The molecule has 3 rings (SSSR count). The monoisotopic (exact) mass is 809 g/mol. The molecular weight excluding hydrogens is 731 g/mol. The minimum Gasteiger partial charge on any atom is -0.493 e. The number of carbonyl (C=O) groups is 2. The summed E-state index contributed by atoms with van der Waals surface area (Å²) >= 11 is 0. The summed E-state index contributed by atoms with van der Waals surface area (Å²) in [7, 11) is 0. The third-order valence-electron chi connectivity index (χ3n) is 11.6. The molecule has 0 saturated heterocycles. The van der Waals surface area contributed by atoms with Crippen molar-refractivity contribution in [1.29, 1.82) is 0 Å². The maximum atomic E-state index is 13.2. The van der Waals surface area contributed by atoms with E-state index in [1.807, 2.05) is 48.5 Å². The summed E-state index contributed by atoms with van der Waals surface area (Å²) in [5, 5.41) is 0. The van der Waals surface area contributed by atoms with Crippen molar-refractivity contribution in [2.75, 3.05) is 0 Å². The van der Waals surface area contributed by atoms with Crippen molar-refractivity contribution in [1.82, 2.24) is 0 Å². The molecular formula is C51H78N2NiO2. The molecule has 0 radical (unpaired) electrons. The van der Waals surface area contributed by atoms with E-state index in [0.29, 0.717) is 12.8 Å². The van der Waals surface area contributed by atoms with E-state index in [-0.39, 0.29) is 28.1 Å². The van der Waals surface area contributed by atoms with Gasteiger partial charge in [-0.1, -0.05) is 187 Å². The number of hydrogen-bond donors (Lipinski definition) is 0. The normalized spacial score (nSPS) is 12.8. The minimum atomic E-state index is 0. The molecule has 0 spiro atoms. The van der Waals surface area contributed by atoms with Crippen LogP contribution in [0.4, 0.5) is 0 Å². The molecule has 0 amide bonds. The van der Waals surface area contributed by atoms with Crippen LogP contribution in [0, 0.1) is 0 Å². The van der Waals surface area contributed by atoms with Gasteiger partial charge < -0.3 is 5.53 Å². The van der Waals surface area contributed by atoms with Crippen LogP contribution in [0.5, 0.6) is 0 Å². The number of unbranched alkanes of at least 4 members (excludes halogenated alkanes) is 21. The Hall–Kier alpha value is -2.65. The van der Waals surface area contributed by atoms with Gasteiger partial charge in [-0.05, 0) is 62.8 Å². The molecule has 56 heavy (non-hydrogen) atoms. The summed E-state index contributed by atoms with van der Waals surface area (Å²) in [5.41, 5.74) is 19.6. The van der Waals surface area contributed by atoms with Gasteiger partial charge in [-0.3, -0.25) is 9.59 Å². The molecule has 1 heterocycles. The standard InChI is InChI=1S/C51H78N2O2.Ni/c1-5-9-13-16-18-20-22-24-28-32-48(54)42-34-38-44(39-35-42)50-46(30-26-12-8-4)47(31-27-15-11-7-3)51(53(50)52)45-40-36-43(37-41-45)49(55)33-29-25-23-21-19-17-14-10-6-2;/h34-41H,5-33H2,1-4H3;. The van der Waals surface area contributed by atoms with E-state index in [1.165, 1.54) is 125 Å². The van der Waals surface area contributed by atoms with Crippen molar-refractivity contribution >= 4 is 23.0 Å². The van der Waals surface area contributed by atoms with Crippen LogP contribution < -0.4 is 0 Å². The fourth-order valence-electron chi connectivity index (χ4n) is 8.17. The van der Waals surface area contributed by atoms with E-state index in [9.17, 15) is 15.1 Å². The summed E-state index contributed by atoms with van der Waals surface area (Å²) in [6, 6.07) is 16.0. The van der Waals surface area contributed by atoms with E-state index in [0.717, 1.165) is 97.9 Å². The Morgan fingerprint density at radius 1 is 0.411 bits per heavy atom. The third-order valence-corrected chi connectivity index (χ3v) is 11.6. The number of rotatable bonds is 33. The predicted molar refractivity (Wildman–Crippen MR) is 236 cm³/mol. The van der Waals surface area contributed by atoms with Gasteiger partial charge in [-0.15, -0.1) is 0 Å². The number of nitrogens with zero attached hydrogens (tertiary/aromatic N) is 2. The van der Waals surface area contributed by atoms with Crippen LogP contribution in [-0.4, -0.2) is 16.3 Å². The van der Waals surface area contributed by atoms with Gasteiger partial charge in [0, 0.05) is 62.7 Å². The number of ketones is 2. The molecule has 5 heteroatoms. The second-order valence-electron chi connectivity index (χ2n) is 16.4. The van der Waals surface area contributed by atoms with Gasteiger partial charge in [0.25, 0.3) is 0 Å². The van der Waals surface area contributed by atoms with Crippen LogP contribution in [-0.2, 0) is 16.5 Å². The van der Waals surface area contributed by atoms with Gasteiger partial charge in [0.05, 0.1) is 0 Å². The summed E-state index contributed by atoms with van der Waals surface area (Å²) in [6.45, 7) is 8.99. The Morgan fingerprint density at radius 2 is 0.679 bits per heavy atom. The molecule has 0 saturated carbocycles. The summed E-state index contributed by atoms with van der Waals surface area (Å²) in [6.07, 6.45) is 33.4. The molecule has 0 aromatic heterocycles. The molecule has 0 N–H and O–H groups in total. The quantitative estimate of drug-likeness (QED) is 0.0312. The van der Waals surface area contributed by atoms with Gasteiger partial charge in [0.2, 0.25) is 11.4 Å². The molecule has 1 aliphatic rings. The van der Waals surface area contributed by atoms with E-state index in [4.69, 9.17) is 0 Å². The second-order valence-corrected chi connectivity index (χ2v) is 16.4. The van der Waals surface area contributed by atoms with Crippen LogP contribution in [0.3, 0.4) is 0 Å². The third kappa shape index (κ3) is 17.5. The summed E-state index contributed by atoms with van der Waals surface area (Å²) in [5.74, 6) is 0.420. The molecule has 2 aromatic rings. The average Bonchev–Trinajstić information content (AvgIpc) is 3.48. The first-order valence-electron chi connectivity index (χ1n) is 23.2. The van der Waals surface area contributed by atoms with Crippen molar-refractivity contribution in [3.63, 3.8) is 0 Å². The number of Topliss-reactive ketones (excluding diaryl/α,β-unsaturated/α-hetero) is 2. The first-order chi connectivity index (χ1) is 27.0. The Bertz CT molecular complexity index is 1470. The summed E-state index contributed by atoms with van der Waals surface area (Å²) in [4.78, 5) is 26.3. The smallest absolute Gasteiger partial charge is 0.211 e. The molecule has 0 atom stereocenters. The van der Waals surface area contributed by atoms with E-state index >= 15 is 0 Å². The number of carbonyl (C=O) groups excluding carboxylic acids is 2. The van der Waals surface area contributed by atoms with E-state index in [1.54, 1.807) is 0 Å². The van der Waals surface area contributed by atoms with Crippen molar-refractivity contribution < 1.29 is 30.8 Å². The first-order valence-corrected chi connectivity index (χ1v) is 23.2. The fraction of sp³-hybridized carbons (Fsp3) is 0.647. The van der Waals surface area contributed by atoms with Crippen LogP contribution in [0.15, 0.2) is 59.7 Å². The zero-order chi connectivity index (χ0) is 39.5. The molecule has 0 unspecified atom stereocenters. The van der Waals surface area contributed by atoms with Gasteiger partial charge in [0.15, 0.2) is 11.6 Å². The van der Waals surface area contributed by atoms with Crippen molar-refractivity contribution in [3.05, 3.63) is 87.5 Å². The Kier molecular flexibility index (Phi) is 26.9. The van der Waals surface area contributed by atoms with Crippen LogP contribution in [0.2, 0.25) is 0 Å². The molecule has 1 aliphatic heterocycles. The molecule has 0 aliphatic carbocycles. The maximum absolute atomic E-state index is 13.2. The molecule has 0 fully saturated rings. The van der Waals surface area contributed by atoms with E-state index < -0.39 is 0 Å². The Labute approximate surface area is 353 Å². The fourth-order valence-corrected chi connectivity index (χ4v) is 8.17. The molecule has 4 nitrogen and oxygen atoms in total. The van der Waals surface area contributed by atoms with Crippen LogP contribution >= 0.6 is 0 Å². The number of benzene rings is 2. The largest absolute Gasteiger partial charge is 0.493 e. The molecule has 2 aromatic carbocycles. The second kappa shape index (κ2) is 30.4. The van der Waals surface area contributed by atoms with Gasteiger partial charge >= 0.3 is 0 Å². The molecule has 0 bridgehead atoms. The van der Waals surface area contributed by atoms with Gasteiger partial charge in [-0.2, -0.15) is 0 Å². The first kappa shape index (κ1) is 49.5. The minimum absolute atomic E-state index is 0. The van der Waals surface area contributed by atoms with Gasteiger partial charge in [0.1, 0.15) is 0 Å². The van der Waals surface area contributed by atoms with Crippen molar-refractivity contribution in [3.8, 4) is 0 Å². The van der Waals surface area contributed by atoms with Crippen LogP contribution in [0.25, 0.3) is 16.9 Å². The van der Waals surface area contributed by atoms with Crippen molar-refractivity contribution in [2.45, 2.75) is 214 Å². The zero-order valence-electron chi connectivity index (χ0n) is 36.2. The Balaban J connectivity index is 0.0000108. The maximum Gasteiger partial charge on any atom is 0.211 e.